The molecular weight excluding hydrogens is 246 g/mol. The van der Waals surface area contributed by atoms with Crippen LogP contribution in [-0.4, -0.2) is 28.2 Å². The zero-order valence-corrected chi connectivity index (χ0v) is 13.0. The molecule has 0 aromatic heterocycles. The van der Waals surface area contributed by atoms with Gasteiger partial charge in [0.05, 0.1) is 6.10 Å². The Morgan fingerprint density at radius 1 is 1.05 bits per heavy atom. The van der Waals surface area contributed by atoms with E-state index >= 15 is 0 Å². The molecule has 2 heteroatoms. The average Bonchev–Trinajstić information content (AvgIpc) is 2.62. The van der Waals surface area contributed by atoms with E-state index in [4.69, 9.17) is 0 Å². The summed E-state index contributed by atoms with van der Waals surface area (Å²) in [6.45, 7) is 7.82. The summed E-state index contributed by atoms with van der Waals surface area (Å²) in [4.78, 5) is 2.62. The number of nitrogens with zero attached hydrogens (tertiary/aromatic N) is 1. The highest BCUT2D eigenvalue weighted by molar-refractivity contribution is 5.27. The van der Waals surface area contributed by atoms with Crippen molar-refractivity contribution >= 4 is 0 Å². The SMILES string of the molecule is CC(C)(C)c1ccc(CN2C3CCC2CC(O)C3)cc1. The van der Waals surface area contributed by atoms with Crippen LogP contribution in [0.4, 0.5) is 0 Å². The zero-order valence-electron chi connectivity index (χ0n) is 13.0. The van der Waals surface area contributed by atoms with Crippen LogP contribution in [0.2, 0.25) is 0 Å². The van der Waals surface area contributed by atoms with E-state index < -0.39 is 0 Å². The van der Waals surface area contributed by atoms with Crippen LogP contribution in [0.15, 0.2) is 24.3 Å². The van der Waals surface area contributed by atoms with Gasteiger partial charge < -0.3 is 5.11 Å². The Morgan fingerprint density at radius 3 is 2.10 bits per heavy atom. The maximum atomic E-state index is 9.87. The summed E-state index contributed by atoms with van der Waals surface area (Å²) in [5.41, 5.74) is 3.04. The molecule has 0 amide bonds. The lowest BCUT2D eigenvalue weighted by Crippen LogP contribution is -2.44. The normalized spacial score (nSPS) is 30.7. The quantitative estimate of drug-likeness (QED) is 0.892. The second kappa shape index (κ2) is 5.16. The predicted octanol–water partition coefficient (Wildman–Crippen LogP) is 3.47. The van der Waals surface area contributed by atoms with Crippen LogP contribution in [0.5, 0.6) is 0 Å². The maximum Gasteiger partial charge on any atom is 0.0570 e. The summed E-state index contributed by atoms with van der Waals surface area (Å²) in [6.07, 6.45) is 4.41. The molecule has 0 spiro atoms. The van der Waals surface area contributed by atoms with Crippen LogP contribution in [0.25, 0.3) is 0 Å². The van der Waals surface area contributed by atoms with E-state index in [-0.39, 0.29) is 11.5 Å². The Morgan fingerprint density at radius 2 is 1.60 bits per heavy atom. The molecule has 110 valence electrons. The second-order valence-electron chi connectivity index (χ2n) is 7.63. The first-order valence-electron chi connectivity index (χ1n) is 7.97. The number of piperidine rings is 1. The van der Waals surface area contributed by atoms with Crippen LogP contribution in [-0.2, 0) is 12.0 Å². The van der Waals surface area contributed by atoms with Crippen molar-refractivity contribution in [3.05, 3.63) is 35.4 Å². The van der Waals surface area contributed by atoms with Crippen LogP contribution >= 0.6 is 0 Å². The molecule has 2 heterocycles. The molecule has 0 saturated carbocycles. The topological polar surface area (TPSA) is 23.5 Å². The van der Waals surface area contributed by atoms with Crippen LogP contribution in [0.1, 0.15) is 57.6 Å². The van der Waals surface area contributed by atoms with E-state index in [1.807, 2.05) is 0 Å². The third-order valence-electron chi connectivity index (χ3n) is 5.04. The first-order chi connectivity index (χ1) is 9.43. The molecule has 1 aromatic rings. The second-order valence-corrected chi connectivity index (χ2v) is 7.63. The smallest absolute Gasteiger partial charge is 0.0570 e. The Labute approximate surface area is 122 Å². The van der Waals surface area contributed by atoms with E-state index in [9.17, 15) is 5.11 Å². The van der Waals surface area contributed by atoms with Crippen molar-refractivity contribution < 1.29 is 5.11 Å². The van der Waals surface area contributed by atoms with Gasteiger partial charge in [-0.25, -0.2) is 0 Å². The van der Waals surface area contributed by atoms with Gasteiger partial charge in [-0.2, -0.15) is 0 Å². The van der Waals surface area contributed by atoms with Gasteiger partial charge in [-0.3, -0.25) is 4.90 Å². The van der Waals surface area contributed by atoms with Crippen LogP contribution in [0, 0.1) is 0 Å². The number of hydrogen-bond acceptors (Lipinski definition) is 2. The largest absolute Gasteiger partial charge is 0.393 e. The number of aliphatic hydroxyl groups excluding tert-OH is 1. The van der Waals surface area contributed by atoms with E-state index in [1.54, 1.807) is 0 Å². The summed E-state index contributed by atoms with van der Waals surface area (Å²) in [5, 5.41) is 9.87. The molecule has 0 aliphatic carbocycles. The number of aliphatic hydroxyl groups is 1. The number of rotatable bonds is 2. The standard InChI is InChI=1S/C18H27NO/c1-18(2,3)14-6-4-13(5-7-14)12-19-15-8-9-16(19)11-17(20)10-15/h4-7,15-17,20H,8-12H2,1-3H3. The third-order valence-corrected chi connectivity index (χ3v) is 5.04. The Bertz CT molecular complexity index is 445. The van der Waals surface area contributed by atoms with Gasteiger partial charge in [0.15, 0.2) is 0 Å². The Hall–Kier alpha value is -0.860. The number of hydrogen-bond donors (Lipinski definition) is 1. The van der Waals surface area contributed by atoms with Crippen molar-refractivity contribution in [2.24, 2.45) is 0 Å². The van der Waals surface area contributed by atoms with Gasteiger partial charge in [-0.05, 0) is 42.2 Å². The van der Waals surface area contributed by atoms with E-state index in [0.717, 1.165) is 19.4 Å². The lowest BCUT2D eigenvalue weighted by atomic mass is 9.86. The monoisotopic (exact) mass is 273 g/mol. The van der Waals surface area contributed by atoms with Crippen molar-refractivity contribution in [1.29, 1.82) is 0 Å². The third kappa shape index (κ3) is 2.77. The molecule has 2 saturated heterocycles. The predicted molar refractivity (Wildman–Crippen MR) is 82.7 cm³/mol. The van der Waals surface area contributed by atoms with Gasteiger partial charge >= 0.3 is 0 Å². The van der Waals surface area contributed by atoms with Crippen LogP contribution in [0.3, 0.4) is 0 Å². The number of fused-ring (bicyclic) bond motifs is 2. The molecule has 1 aromatic carbocycles. The molecule has 20 heavy (non-hydrogen) atoms. The molecule has 1 N–H and O–H groups in total. The van der Waals surface area contributed by atoms with Gasteiger partial charge in [0.25, 0.3) is 0 Å². The van der Waals surface area contributed by atoms with Gasteiger partial charge in [0, 0.05) is 18.6 Å². The minimum absolute atomic E-state index is 0.0629. The van der Waals surface area contributed by atoms with Crippen molar-refractivity contribution in [2.75, 3.05) is 0 Å². The van der Waals surface area contributed by atoms with Gasteiger partial charge in [0.2, 0.25) is 0 Å². The minimum atomic E-state index is -0.0629. The summed E-state index contributed by atoms with van der Waals surface area (Å²) in [7, 11) is 0. The highest BCUT2D eigenvalue weighted by Gasteiger charge is 2.39. The van der Waals surface area contributed by atoms with E-state index in [0.29, 0.717) is 12.1 Å². The summed E-state index contributed by atoms with van der Waals surface area (Å²) < 4.78 is 0. The summed E-state index contributed by atoms with van der Waals surface area (Å²) in [5.74, 6) is 0. The Balaban J connectivity index is 1.70. The van der Waals surface area contributed by atoms with E-state index in [2.05, 4.69) is 49.9 Å². The lowest BCUT2D eigenvalue weighted by Gasteiger charge is -2.37. The maximum absolute atomic E-state index is 9.87. The van der Waals surface area contributed by atoms with Crippen molar-refractivity contribution in [3.63, 3.8) is 0 Å². The molecule has 2 unspecified atom stereocenters. The molecule has 2 atom stereocenters. The molecule has 2 bridgehead atoms. The fourth-order valence-electron chi connectivity index (χ4n) is 3.82. The molecule has 2 aliphatic rings. The van der Waals surface area contributed by atoms with Crippen molar-refractivity contribution in [1.82, 2.24) is 4.90 Å². The minimum Gasteiger partial charge on any atom is -0.393 e. The summed E-state index contributed by atoms with van der Waals surface area (Å²) >= 11 is 0. The first-order valence-corrected chi connectivity index (χ1v) is 7.97. The number of benzene rings is 1. The molecule has 3 rings (SSSR count). The van der Waals surface area contributed by atoms with Crippen LogP contribution < -0.4 is 0 Å². The molecule has 0 radical (unpaired) electrons. The fraction of sp³-hybridized carbons (Fsp3) is 0.667. The highest BCUT2D eigenvalue weighted by atomic mass is 16.3. The average molecular weight is 273 g/mol. The van der Waals surface area contributed by atoms with Crippen molar-refractivity contribution in [2.45, 2.75) is 76.6 Å². The van der Waals surface area contributed by atoms with Crippen molar-refractivity contribution in [3.8, 4) is 0 Å². The molecule has 2 fully saturated rings. The molecule has 2 nitrogen and oxygen atoms in total. The summed E-state index contributed by atoms with van der Waals surface area (Å²) in [6, 6.07) is 10.3. The van der Waals surface area contributed by atoms with Gasteiger partial charge in [-0.15, -0.1) is 0 Å². The van der Waals surface area contributed by atoms with Gasteiger partial charge in [-0.1, -0.05) is 45.0 Å². The van der Waals surface area contributed by atoms with E-state index in [1.165, 1.54) is 24.0 Å². The lowest BCUT2D eigenvalue weighted by molar-refractivity contribution is 0.0310. The van der Waals surface area contributed by atoms with Gasteiger partial charge in [0.1, 0.15) is 0 Å². The fourth-order valence-corrected chi connectivity index (χ4v) is 3.82. The highest BCUT2D eigenvalue weighted by Crippen LogP contribution is 2.36. The zero-order chi connectivity index (χ0) is 14.3. The molecule has 2 aliphatic heterocycles. The first kappa shape index (κ1) is 14.1. The molecular formula is C18H27NO. The Kier molecular flexibility index (Phi) is 3.64.